The molecule has 0 N–H and O–H groups in total. The van der Waals surface area contributed by atoms with Crippen LogP contribution in [0.5, 0.6) is 5.75 Å². The van der Waals surface area contributed by atoms with Crippen LogP contribution in [0.15, 0.2) is 82.2 Å². The van der Waals surface area contributed by atoms with E-state index in [1.165, 1.54) is 24.1 Å². The molecule has 0 spiro atoms. The second-order valence-electron chi connectivity index (χ2n) is 8.23. The van der Waals surface area contributed by atoms with Crippen molar-refractivity contribution in [3.05, 3.63) is 83.7 Å². The van der Waals surface area contributed by atoms with Gasteiger partial charge in [-0.2, -0.15) is 0 Å². The molecule has 4 aromatic rings. The lowest BCUT2D eigenvalue weighted by atomic mass is 10.1. The minimum Gasteiger partial charge on any atom is -0.497 e. The first-order valence-electron chi connectivity index (χ1n) is 11.3. The third-order valence-electron chi connectivity index (χ3n) is 6.16. The second kappa shape index (κ2) is 8.91. The lowest BCUT2D eigenvalue weighted by Crippen LogP contribution is -2.17. The SMILES string of the molecule is CCc1ccc2oc(-c3ccc(OC)cc3)cc(=Nc3ccc(N4CCCC4)cc3)c2c1. The van der Waals surface area contributed by atoms with Crippen molar-refractivity contribution in [3.63, 3.8) is 0 Å². The smallest absolute Gasteiger partial charge is 0.136 e. The van der Waals surface area contributed by atoms with Crippen molar-refractivity contribution in [3.8, 4) is 17.1 Å². The number of hydrogen-bond acceptors (Lipinski definition) is 4. The minimum absolute atomic E-state index is 0.789. The predicted molar refractivity (Wildman–Crippen MR) is 131 cm³/mol. The summed E-state index contributed by atoms with van der Waals surface area (Å²) in [6.45, 7) is 4.45. The molecule has 2 heterocycles. The lowest BCUT2D eigenvalue weighted by molar-refractivity contribution is 0.415. The van der Waals surface area contributed by atoms with E-state index in [4.69, 9.17) is 14.1 Å². The van der Waals surface area contributed by atoms with Crippen LogP contribution in [0.1, 0.15) is 25.3 Å². The number of aryl methyl sites for hydroxylation is 1. The molecule has 0 radical (unpaired) electrons. The van der Waals surface area contributed by atoms with Gasteiger partial charge in [0.1, 0.15) is 17.1 Å². The van der Waals surface area contributed by atoms with Gasteiger partial charge in [-0.3, -0.25) is 0 Å². The standard InChI is InChI=1S/C28H28N2O2/c1-3-20-6-15-27-25(18-20)26(19-28(32-27)21-7-13-24(31-2)14-8-21)29-22-9-11-23(12-10-22)30-16-4-5-17-30/h6-15,18-19H,3-5,16-17H2,1-2H3. The van der Waals surface area contributed by atoms with Gasteiger partial charge in [-0.25, -0.2) is 4.99 Å². The first kappa shape index (κ1) is 20.4. The number of benzene rings is 3. The minimum atomic E-state index is 0.789. The Morgan fingerprint density at radius 1 is 0.906 bits per heavy atom. The summed E-state index contributed by atoms with van der Waals surface area (Å²) in [7, 11) is 1.67. The topological polar surface area (TPSA) is 38.0 Å². The van der Waals surface area contributed by atoms with Crippen LogP contribution in [0.4, 0.5) is 11.4 Å². The third-order valence-corrected chi connectivity index (χ3v) is 6.16. The molecule has 162 valence electrons. The average Bonchev–Trinajstić information content (AvgIpc) is 3.39. The summed E-state index contributed by atoms with van der Waals surface area (Å²) in [5.41, 5.74) is 5.33. The van der Waals surface area contributed by atoms with E-state index >= 15 is 0 Å². The predicted octanol–water partition coefficient (Wildman–Crippen LogP) is 6.50. The van der Waals surface area contributed by atoms with Crippen molar-refractivity contribution in [2.75, 3.05) is 25.1 Å². The summed E-state index contributed by atoms with van der Waals surface area (Å²) in [6, 6.07) is 24.9. The molecule has 4 nitrogen and oxygen atoms in total. The number of fused-ring (bicyclic) bond motifs is 1. The molecule has 0 atom stereocenters. The maximum atomic E-state index is 6.28. The summed E-state index contributed by atoms with van der Waals surface area (Å²) in [5.74, 6) is 1.61. The van der Waals surface area contributed by atoms with E-state index in [-0.39, 0.29) is 0 Å². The quantitative estimate of drug-likeness (QED) is 0.367. The normalized spacial score (nSPS) is 14.3. The Hall–Kier alpha value is -3.53. The number of ether oxygens (including phenoxy) is 1. The average molecular weight is 425 g/mol. The zero-order chi connectivity index (χ0) is 21.9. The lowest BCUT2D eigenvalue weighted by Gasteiger charge is -2.17. The first-order valence-corrected chi connectivity index (χ1v) is 11.3. The second-order valence-corrected chi connectivity index (χ2v) is 8.23. The summed E-state index contributed by atoms with van der Waals surface area (Å²) >= 11 is 0. The van der Waals surface area contributed by atoms with Crippen LogP contribution < -0.4 is 15.0 Å². The van der Waals surface area contributed by atoms with Gasteiger partial charge in [0.25, 0.3) is 0 Å². The van der Waals surface area contributed by atoms with Crippen LogP contribution in [0.2, 0.25) is 0 Å². The molecule has 0 unspecified atom stereocenters. The molecule has 0 saturated carbocycles. The highest BCUT2D eigenvalue weighted by molar-refractivity contribution is 5.79. The zero-order valence-corrected chi connectivity index (χ0v) is 18.7. The van der Waals surface area contributed by atoms with Gasteiger partial charge in [-0.05, 0) is 85.5 Å². The molecule has 0 bridgehead atoms. The van der Waals surface area contributed by atoms with E-state index in [0.29, 0.717) is 0 Å². The highest BCUT2D eigenvalue weighted by Gasteiger charge is 2.12. The van der Waals surface area contributed by atoms with E-state index in [2.05, 4.69) is 54.3 Å². The molecular weight excluding hydrogens is 396 g/mol. The Morgan fingerprint density at radius 3 is 2.34 bits per heavy atom. The molecule has 1 aromatic heterocycles. The van der Waals surface area contributed by atoms with Crippen LogP contribution in [-0.4, -0.2) is 20.2 Å². The molecule has 5 rings (SSSR count). The molecule has 1 aliphatic rings. The summed E-state index contributed by atoms with van der Waals surface area (Å²) in [6.07, 6.45) is 3.53. The van der Waals surface area contributed by atoms with Gasteiger partial charge in [0, 0.05) is 35.8 Å². The fraction of sp³-hybridized carbons (Fsp3) is 0.250. The van der Waals surface area contributed by atoms with E-state index < -0.39 is 0 Å². The largest absolute Gasteiger partial charge is 0.497 e. The number of anilines is 1. The van der Waals surface area contributed by atoms with Crippen LogP contribution in [-0.2, 0) is 6.42 Å². The van der Waals surface area contributed by atoms with Crippen LogP contribution in [0, 0.1) is 0 Å². The Morgan fingerprint density at radius 2 is 1.66 bits per heavy atom. The number of rotatable bonds is 5. The summed E-state index contributed by atoms with van der Waals surface area (Å²) in [4.78, 5) is 7.47. The maximum Gasteiger partial charge on any atom is 0.136 e. The van der Waals surface area contributed by atoms with E-state index in [1.807, 2.05) is 30.3 Å². The fourth-order valence-corrected chi connectivity index (χ4v) is 4.28. The van der Waals surface area contributed by atoms with Crippen LogP contribution in [0.25, 0.3) is 22.3 Å². The van der Waals surface area contributed by atoms with E-state index in [0.717, 1.165) is 58.6 Å². The van der Waals surface area contributed by atoms with Gasteiger partial charge in [0.15, 0.2) is 0 Å². The highest BCUT2D eigenvalue weighted by Crippen LogP contribution is 2.26. The molecule has 0 amide bonds. The monoisotopic (exact) mass is 424 g/mol. The fourth-order valence-electron chi connectivity index (χ4n) is 4.28. The van der Waals surface area contributed by atoms with Gasteiger partial charge in [0.2, 0.25) is 0 Å². The molecule has 4 heteroatoms. The molecule has 32 heavy (non-hydrogen) atoms. The van der Waals surface area contributed by atoms with Crippen LogP contribution >= 0.6 is 0 Å². The van der Waals surface area contributed by atoms with E-state index in [1.54, 1.807) is 7.11 Å². The van der Waals surface area contributed by atoms with Crippen LogP contribution in [0.3, 0.4) is 0 Å². The van der Waals surface area contributed by atoms with Gasteiger partial charge >= 0.3 is 0 Å². The van der Waals surface area contributed by atoms with Gasteiger partial charge < -0.3 is 14.1 Å². The molecule has 0 aliphatic carbocycles. The van der Waals surface area contributed by atoms with Crippen molar-refractivity contribution < 1.29 is 9.15 Å². The van der Waals surface area contributed by atoms with Gasteiger partial charge in [0.05, 0.1) is 18.2 Å². The van der Waals surface area contributed by atoms with Crippen molar-refractivity contribution in [2.45, 2.75) is 26.2 Å². The van der Waals surface area contributed by atoms with Crippen molar-refractivity contribution in [2.24, 2.45) is 4.99 Å². The number of nitrogens with zero attached hydrogens (tertiary/aromatic N) is 2. The Kier molecular flexibility index (Phi) is 5.68. The summed E-state index contributed by atoms with van der Waals surface area (Å²) in [5, 5.41) is 1.95. The van der Waals surface area contributed by atoms with E-state index in [9.17, 15) is 0 Å². The number of methoxy groups -OCH3 is 1. The Labute approximate surface area is 188 Å². The summed E-state index contributed by atoms with van der Waals surface area (Å²) < 4.78 is 11.6. The van der Waals surface area contributed by atoms with Crippen molar-refractivity contribution in [1.82, 2.24) is 0 Å². The number of hydrogen-bond donors (Lipinski definition) is 0. The zero-order valence-electron chi connectivity index (χ0n) is 18.7. The molecule has 3 aromatic carbocycles. The van der Waals surface area contributed by atoms with Gasteiger partial charge in [-0.15, -0.1) is 0 Å². The first-order chi connectivity index (χ1) is 15.7. The van der Waals surface area contributed by atoms with Gasteiger partial charge in [-0.1, -0.05) is 13.0 Å². The Balaban J connectivity index is 1.61. The molecular formula is C28H28N2O2. The van der Waals surface area contributed by atoms with Crippen molar-refractivity contribution >= 4 is 22.3 Å². The molecule has 1 fully saturated rings. The Bertz CT molecular complexity index is 1280. The maximum absolute atomic E-state index is 6.28. The molecule has 1 aliphatic heterocycles. The molecule has 1 saturated heterocycles. The highest BCUT2D eigenvalue weighted by atomic mass is 16.5. The third kappa shape index (κ3) is 4.13. The van der Waals surface area contributed by atoms with Crippen molar-refractivity contribution in [1.29, 1.82) is 0 Å².